The van der Waals surface area contributed by atoms with Gasteiger partial charge in [-0.3, -0.25) is 4.79 Å². The minimum atomic E-state index is -2.88. The lowest BCUT2D eigenvalue weighted by atomic mass is 10.1. The lowest BCUT2D eigenvalue weighted by molar-refractivity contribution is -0.0498. The molecule has 2 heterocycles. The molecular formula is C25H23F2N5O2. The van der Waals surface area contributed by atoms with Crippen LogP contribution in [0.15, 0.2) is 72.9 Å². The van der Waals surface area contributed by atoms with Crippen LogP contribution in [-0.4, -0.2) is 27.3 Å². The van der Waals surface area contributed by atoms with Crippen molar-refractivity contribution in [2.24, 2.45) is 0 Å². The van der Waals surface area contributed by atoms with Crippen molar-refractivity contribution in [3.8, 4) is 11.6 Å². The maximum absolute atomic E-state index is 12.9. The summed E-state index contributed by atoms with van der Waals surface area (Å²) in [5, 5.41) is 10.5. The number of hydrogen-bond acceptors (Lipinski definition) is 5. The van der Waals surface area contributed by atoms with Crippen LogP contribution in [-0.2, 0) is 6.54 Å². The molecule has 34 heavy (non-hydrogen) atoms. The van der Waals surface area contributed by atoms with Gasteiger partial charge in [-0.1, -0.05) is 18.2 Å². The predicted octanol–water partition coefficient (Wildman–Crippen LogP) is 5.16. The van der Waals surface area contributed by atoms with Crippen molar-refractivity contribution in [1.29, 1.82) is 0 Å². The molecule has 9 heteroatoms. The van der Waals surface area contributed by atoms with Crippen molar-refractivity contribution in [1.82, 2.24) is 20.1 Å². The van der Waals surface area contributed by atoms with Gasteiger partial charge in [0.25, 0.3) is 5.91 Å². The van der Waals surface area contributed by atoms with Crippen LogP contribution in [0.25, 0.3) is 5.82 Å². The molecule has 0 radical (unpaired) electrons. The van der Waals surface area contributed by atoms with Gasteiger partial charge >= 0.3 is 6.61 Å². The Morgan fingerprint density at radius 3 is 2.47 bits per heavy atom. The fourth-order valence-corrected chi connectivity index (χ4v) is 3.45. The van der Waals surface area contributed by atoms with Crippen LogP contribution in [0.2, 0.25) is 0 Å². The zero-order valence-electron chi connectivity index (χ0n) is 18.6. The van der Waals surface area contributed by atoms with E-state index in [0.717, 1.165) is 17.0 Å². The van der Waals surface area contributed by atoms with E-state index in [0.29, 0.717) is 29.3 Å². The highest BCUT2D eigenvalue weighted by atomic mass is 19.3. The Morgan fingerprint density at radius 1 is 1.06 bits per heavy atom. The van der Waals surface area contributed by atoms with E-state index in [-0.39, 0.29) is 11.7 Å². The van der Waals surface area contributed by atoms with Gasteiger partial charge in [-0.05, 0) is 67.9 Å². The first-order valence-electron chi connectivity index (χ1n) is 10.6. The van der Waals surface area contributed by atoms with Crippen LogP contribution in [0, 0.1) is 13.8 Å². The molecule has 0 spiro atoms. The van der Waals surface area contributed by atoms with E-state index in [1.165, 1.54) is 12.1 Å². The average Bonchev–Trinajstić information content (AvgIpc) is 3.17. The highest BCUT2D eigenvalue weighted by Crippen LogP contribution is 2.24. The van der Waals surface area contributed by atoms with Crippen LogP contribution in [0.3, 0.4) is 0 Å². The number of pyridine rings is 1. The van der Waals surface area contributed by atoms with E-state index in [9.17, 15) is 13.6 Å². The molecule has 2 N–H and O–H groups in total. The summed E-state index contributed by atoms with van der Waals surface area (Å²) in [4.78, 5) is 17.3. The number of amides is 1. The third-order valence-electron chi connectivity index (χ3n) is 5.02. The van der Waals surface area contributed by atoms with Crippen LogP contribution in [0.5, 0.6) is 5.75 Å². The number of benzene rings is 2. The lowest BCUT2D eigenvalue weighted by Crippen LogP contribution is -2.23. The number of alkyl halides is 2. The monoisotopic (exact) mass is 463 g/mol. The van der Waals surface area contributed by atoms with Crippen LogP contribution < -0.4 is 15.4 Å². The number of rotatable bonds is 8. The molecule has 0 bridgehead atoms. The van der Waals surface area contributed by atoms with Gasteiger partial charge in [0, 0.05) is 24.1 Å². The molecule has 2 aromatic carbocycles. The number of hydrogen-bond donors (Lipinski definition) is 2. The smallest absolute Gasteiger partial charge is 0.387 e. The number of halogens is 2. The summed E-state index contributed by atoms with van der Waals surface area (Å²) in [7, 11) is 0. The van der Waals surface area contributed by atoms with Gasteiger partial charge in [0.15, 0.2) is 5.82 Å². The van der Waals surface area contributed by atoms with Gasteiger partial charge in [0.2, 0.25) is 0 Å². The SMILES string of the molecule is Cc1cc(C)n(-c2ccc(CNC(=O)c3ccccc3Nc3ccc(OC(F)F)cc3)cn2)n1. The Morgan fingerprint density at radius 2 is 1.82 bits per heavy atom. The predicted molar refractivity (Wildman–Crippen MR) is 125 cm³/mol. The molecule has 4 rings (SSSR count). The Labute approximate surface area is 195 Å². The molecule has 0 saturated heterocycles. The number of nitrogens with one attached hydrogen (secondary N) is 2. The van der Waals surface area contributed by atoms with Crippen LogP contribution in [0.1, 0.15) is 27.3 Å². The Bertz CT molecular complexity index is 1270. The third kappa shape index (κ3) is 5.55. The highest BCUT2D eigenvalue weighted by molar-refractivity contribution is 6.00. The molecule has 0 fully saturated rings. The van der Waals surface area contributed by atoms with Gasteiger partial charge in [0.1, 0.15) is 5.75 Å². The second kappa shape index (κ2) is 10.1. The summed E-state index contributed by atoms with van der Waals surface area (Å²) in [6, 6.07) is 18.8. The Hall–Kier alpha value is -4.27. The van der Waals surface area contributed by atoms with E-state index in [2.05, 4.69) is 25.5 Å². The zero-order chi connectivity index (χ0) is 24.1. The highest BCUT2D eigenvalue weighted by Gasteiger charge is 2.12. The van der Waals surface area contributed by atoms with Crippen molar-refractivity contribution in [2.75, 3.05) is 5.32 Å². The molecule has 0 saturated carbocycles. The number of para-hydroxylation sites is 1. The van der Waals surface area contributed by atoms with Gasteiger partial charge in [-0.2, -0.15) is 13.9 Å². The van der Waals surface area contributed by atoms with E-state index < -0.39 is 6.61 Å². The standard InChI is InChI=1S/C25H23F2N5O2/c1-16-13-17(2)32(31-16)23-12-7-18(14-28-23)15-29-24(33)21-5-3-4-6-22(21)30-19-8-10-20(11-9-19)34-25(26)27/h3-14,25,30H,15H2,1-2H3,(H,29,33). The Kier molecular flexibility index (Phi) is 6.82. The molecule has 1 amide bonds. The van der Waals surface area contributed by atoms with E-state index in [4.69, 9.17) is 0 Å². The molecule has 0 aliphatic heterocycles. The molecule has 0 aliphatic carbocycles. The molecular weight excluding hydrogens is 440 g/mol. The summed E-state index contributed by atoms with van der Waals surface area (Å²) < 4.78 is 30.8. The quantitative estimate of drug-likeness (QED) is 0.377. The maximum Gasteiger partial charge on any atom is 0.387 e. The molecule has 0 unspecified atom stereocenters. The fraction of sp³-hybridized carbons (Fsp3) is 0.160. The number of ether oxygens (including phenoxy) is 1. The summed E-state index contributed by atoms with van der Waals surface area (Å²) in [5.41, 5.74) is 4.42. The molecule has 7 nitrogen and oxygen atoms in total. The van der Waals surface area contributed by atoms with Crippen molar-refractivity contribution in [2.45, 2.75) is 27.0 Å². The second-order valence-electron chi connectivity index (χ2n) is 7.62. The number of aromatic nitrogens is 3. The maximum atomic E-state index is 12.9. The first-order chi connectivity index (χ1) is 16.4. The number of carbonyl (C=O) groups is 1. The average molecular weight is 463 g/mol. The topological polar surface area (TPSA) is 81.1 Å². The van der Waals surface area contributed by atoms with Gasteiger partial charge in [0.05, 0.1) is 16.9 Å². The van der Waals surface area contributed by atoms with E-state index in [1.807, 2.05) is 32.0 Å². The second-order valence-corrected chi connectivity index (χ2v) is 7.62. The first kappa shape index (κ1) is 22.9. The summed E-state index contributed by atoms with van der Waals surface area (Å²) in [6.07, 6.45) is 1.71. The number of anilines is 2. The molecule has 0 atom stereocenters. The van der Waals surface area contributed by atoms with Crippen molar-refractivity contribution in [3.63, 3.8) is 0 Å². The van der Waals surface area contributed by atoms with Crippen molar-refractivity contribution < 1.29 is 18.3 Å². The first-order valence-corrected chi connectivity index (χ1v) is 10.6. The zero-order valence-corrected chi connectivity index (χ0v) is 18.6. The minimum absolute atomic E-state index is 0.0593. The largest absolute Gasteiger partial charge is 0.435 e. The fourth-order valence-electron chi connectivity index (χ4n) is 3.45. The number of aryl methyl sites for hydroxylation is 2. The van der Waals surface area contributed by atoms with Gasteiger partial charge in [-0.25, -0.2) is 9.67 Å². The van der Waals surface area contributed by atoms with Crippen LogP contribution in [0.4, 0.5) is 20.2 Å². The molecule has 174 valence electrons. The van der Waals surface area contributed by atoms with E-state index in [1.54, 1.807) is 47.3 Å². The number of carbonyl (C=O) groups excluding carboxylic acids is 1. The van der Waals surface area contributed by atoms with Gasteiger partial charge < -0.3 is 15.4 Å². The van der Waals surface area contributed by atoms with Crippen molar-refractivity contribution >= 4 is 17.3 Å². The van der Waals surface area contributed by atoms with Gasteiger partial charge in [-0.15, -0.1) is 0 Å². The molecule has 0 aliphatic rings. The lowest BCUT2D eigenvalue weighted by Gasteiger charge is -2.13. The van der Waals surface area contributed by atoms with Crippen molar-refractivity contribution in [3.05, 3.63) is 95.4 Å². The summed E-state index contributed by atoms with van der Waals surface area (Å²) >= 11 is 0. The summed E-state index contributed by atoms with van der Waals surface area (Å²) in [5.74, 6) is 0.507. The summed E-state index contributed by atoms with van der Waals surface area (Å²) in [6.45, 7) is 1.31. The van der Waals surface area contributed by atoms with E-state index >= 15 is 0 Å². The Balaban J connectivity index is 1.40. The molecule has 2 aromatic heterocycles. The third-order valence-corrected chi connectivity index (χ3v) is 5.02. The molecule has 4 aromatic rings. The number of nitrogens with zero attached hydrogens (tertiary/aromatic N) is 3. The van der Waals surface area contributed by atoms with Crippen LogP contribution >= 0.6 is 0 Å². The normalized spacial score (nSPS) is 10.9. The minimum Gasteiger partial charge on any atom is -0.435 e.